The second-order valence-corrected chi connectivity index (χ2v) is 4.57. The van der Waals surface area contributed by atoms with Crippen LogP contribution in [0.2, 0.25) is 0 Å². The zero-order valence-electron chi connectivity index (χ0n) is 12.6. The zero-order chi connectivity index (χ0) is 15.9. The number of carbonyl (C=O) groups excluding carboxylic acids is 1. The summed E-state index contributed by atoms with van der Waals surface area (Å²) in [6, 6.07) is 7.16. The molecular weight excluding hydrogens is 284 g/mol. The van der Waals surface area contributed by atoms with Crippen molar-refractivity contribution in [3.63, 3.8) is 0 Å². The first-order valence-electron chi connectivity index (χ1n) is 6.71. The Labute approximate surface area is 129 Å². The normalized spacial score (nSPS) is 10.1. The number of benzene rings is 1. The molecule has 22 heavy (non-hydrogen) atoms. The maximum Gasteiger partial charge on any atom is 0.275 e. The lowest BCUT2D eigenvalue weighted by Crippen LogP contribution is -2.26. The standard InChI is InChI=1S/C16H18N2O4/c1-4-9-18(2)16(19)14-10-22-15(17-14)11-21-13-7-5-12(20-3)6-8-13/h4-8,10H,1,9,11H2,2-3H3. The molecule has 0 aliphatic heterocycles. The molecule has 0 aliphatic carbocycles. The molecule has 0 atom stereocenters. The van der Waals surface area contributed by atoms with Crippen molar-refractivity contribution in [1.29, 1.82) is 0 Å². The van der Waals surface area contributed by atoms with Crippen LogP contribution in [0.25, 0.3) is 0 Å². The number of amides is 1. The van der Waals surface area contributed by atoms with E-state index in [0.29, 0.717) is 18.2 Å². The highest BCUT2D eigenvalue weighted by molar-refractivity contribution is 5.91. The molecule has 0 fully saturated rings. The van der Waals surface area contributed by atoms with E-state index >= 15 is 0 Å². The van der Waals surface area contributed by atoms with Crippen LogP contribution in [0.4, 0.5) is 0 Å². The lowest BCUT2D eigenvalue weighted by atomic mass is 10.3. The molecule has 0 aliphatic rings. The van der Waals surface area contributed by atoms with Crippen molar-refractivity contribution in [3.8, 4) is 11.5 Å². The Morgan fingerprint density at radius 3 is 2.68 bits per heavy atom. The van der Waals surface area contributed by atoms with Crippen LogP contribution in [-0.4, -0.2) is 36.5 Å². The summed E-state index contributed by atoms with van der Waals surface area (Å²) in [5, 5.41) is 0. The second-order valence-electron chi connectivity index (χ2n) is 4.57. The van der Waals surface area contributed by atoms with Crippen LogP contribution in [0, 0.1) is 0 Å². The molecule has 6 nitrogen and oxygen atoms in total. The first-order valence-corrected chi connectivity index (χ1v) is 6.71. The monoisotopic (exact) mass is 302 g/mol. The fraction of sp³-hybridized carbons (Fsp3) is 0.250. The van der Waals surface area contributed by atoms with Gasteiger partial charge in [0.05, 0.1) is 7.11 Å². The topological polar surface area (TPSA) is 64.8 Å². The summed E-state index contributed by atoms with van der Waals surface area (Å²) in [5.41, 5.74) is 0.248. The Morgan fingerprint density at radius 1 is 1.36 bits per heavy atom. The predicted molar refractivity (Wildman–Crippen MR) is 81.0 cm³/mol. The van der Waals surface area contributed by atoms with Crippen LogP contribution < -0.4 is 9.47 Å². The maximum atomic E-state index is 12.0. The number of aromatic nitrogens is 1. The number of oxazole rings is 1. The fourth-order valence-corrected chi connectivity index (χ4v) is 1.76. The quantitative estimate of drug-likeness (QED) is 0.735. The number of nitrogens with zero attached hydrogens (tertiary/aromatic N) is 2. The van der Waals surface area contributed by atoms with Gasteiger partial charge in [0.1, 0.15) is 17.8 Å². The average Bonchev–Trinajstić information content (AvgIpc) is 3.02. The summed E-state index contributed by atoms with van der Waals surface area (Å²) >= 11 is 0. The number of rotatable bonds is 7. The minimum Gasteiger partial charge on any atom is -0.497 e. The summed E-state index contributed by atoms with van der Waals surface area (Å²) in [4.78, 5) is 17.6. The SMILES string of the molecule is C=CCN(C)C(=O)c1coc(COc2ccc(OC)cc2)n1. The Balaban J connectivity index is 1.94. The van der Waals surface area contributed by atoms with E-state index in [0.717, 1.165) is 5.75 Å². The molecule has 0 saturated carbocycles. The first-order chi connectivity index (χ1) is 10.6. The van der Waals surface area contributed by atoms with Crippen LogP contribution in [0.3, 0.4) is 0 Å². The van der Waals surface area contributed by atoms with Gasteiger partial charge in [0.15, 0.2) is 12.3 Å². The number of hydrogen-bond acceptors (Lipinski definition) is 5. The third-order valence-corrected chi connectivity index (χ3v) is 2.94. The second kappa shape index (κ2) is 7.31. The van der Waals surface area contributed by atoms with Gasteiger partial charge in [-0.15, -0.1) is 6.58 Å². The summed E-state index contributed by atoms with van der Waals surface area (Å²) in [6.45, 7) is 4.18. The molecule has 1 aromatic carbocycles. The van der Waals surface area contributed by atoms with E-state index in [-0.39, 0.29) is 18.2 Å². The zero-order valence-corrected chi connectivity index (χ0v) is 12.6. The van der Waals surface area contributed by atoms with Gasteiger partial charge in [-0.25, -0.2) is 4.98 Å². The molecule has 1 heterocycles. The number of methoxy groups -OCH3 is 1. The molecule has 0 spiro atoms. The third-order valence-electron chi connectivity index (χ3n) is 2.94. The van der Waals surface area contributed by atoms with Gasteiger partial charge in [0.25, 0.3) is 5.91 Å². The lowest BCUT2D eigenvalue weighted by molar-refractivity contribution is 0.0804. The smallest absolute Gasteiger partial charge is 0.275 e. The maximum absolute atomic E-state index is 12.0. The number of hydrogen-bond donors (Lipinski definition) is 0. The molecule has 2 rings (SSSR count). The molecular formula is C16H18N2O4. The first kappa shape index (κ1) is 15.6. The van der Waals surface area contributed by atoms with E-state index in [1.165, 1.54) is 11.2 Å². The summed E-state index contributed by atoms with van der Waals surface area (Å²) in [6.07, 6.45) is 2.97. The number of carbonyl (C=O) groups is 1. The van der Waals surface area contributed by atoms with Crippen LogP contribution in [0.15, 0.2) is 47.6 Å². The van der Waals surface area contributed by atoms with E-state index in [2.05, 4.69) is 11.6 Å². The highest BCUT2D eigenvalue weighted by Gasteiger charge is 2.15. The molecule has 0 unspecified atom stereocenters. The van der Waals surface area contributed by atoms with Crippen molar-refractivity contribution in [2.24, 2.45) is 0 Å². The Morgan fingerprint density at radius 2 is 2.05 bits per heavy atom. The van der Waals surface area contributed by atoms with Gasteiger partial charge in [0.2, 0.25) is 5.89 Å². The van der Waals surface area contributed by atoms with Crippen molar-refractivity contribution >= 4 is 5.91 Å². The van der Waals surface area contributed by atoms with Gasteiger partial charge in [-0.1, -0.05) is 6.08 Å². The van der Waals surface area contributed by atoms with Gasteiger partial charge in [-0.05, 0) is 24.3 Å². The third kappa shape index (κ3) is 3.88. The molecule has 116 valence electrons. The molecule has 0 N–H and O–H groups in total. The summed E-state index contributed by atoms with van der Waals surface area (Å²) < 4.78 is 15.9. The van der Waals surface area contributed by atoms with Gasteiger partial charge >= 0.3 is 0 Å². The minimum atomic E-state index is -0.223. The van der Waals surface area contributed by atoms with E-state index in [4.69, 9.17) is 13.9 Å². The van der Waals surface area contributed by atoms with Crippen LogP contribution in [0.5, 0.6) is 11.5 Å². The summed E-state index contributed by atoms with van der Waals surface area (Å²) in [7, 11) is 3.27. The number of ether oxygens (including phenoxy) is 2. The predicted octanol–water partition coefficient (Wildman–Crippen LogP) is 2.52. The van der Waals surface area contributed by atoms with Crippen molar-refractivity contribution in [2.45, 2.75) is 6.61 Å². The van der Waals surface area contributed by atoms with Gasteiger partial charge in [-0.3, -0.25) is 4.79 Å². The van der Waals surface area contributed by atoms with Crippen molar-refractivity contribution < 1.29 is 18.7 Å². The van der Waals surface area contributed by atoms with E-state index < -0.39 is 0 Å². The average molecular weight is 302 g/mol. The Bertz CT molecular complexity index is 634. The summed E-state index contributed by atoms with van der Waals surface area (Å²) in [5.74, 6) is 1.53. The molecule has 0 saturated heterocycles. The van der Waals surface area contributed by atoms with Gasteiger partial charge < -0.3 is 18.8 Å². The van der Waals surface area contributed by atoms with E-state index in [9.17, 15) is 4.79 Å². The van der Waals surface area contributed by atoms with Crippen molar-refractivity contribution in [1.82, 2.24) is 9.88 Å². The molecule has 0 bridgehead atoms. The van der Waals surface area contributed by atoms with Crippen molar-refractivity contribution in [2.75, 3.05) is 20.7 Å². The van der Waals surface area contributed by atoms with Gasteiger partial charge in [-0.2, -0.15) is 0 Å². The van der Waals surface area contributed by atoms with E-state index in [1.807, 2.05) is 0 Å². The highest BCUT2D eigenvalue weighted by atomic mass is 16.5. The van der Waals surface area contributed by atoms with Crippen LogP contribution >= 0.6 is 0 Å². The van der Waals surface area contributed by atoms with Crippen LogP contribution in [0.1, 0.15) is 16.4 Å². The largest absolute Gasteiger partial charge is 0.497 e. The minimum absolute atomic E-state index is 0.144. The molecule has 1 amide bonds. The Hall–Kier alpha value is -2.76. The molecule has 6 heteroatoms. The molecule has 2 aromatic rings. The highest BCUT2D eigenvalue weighted by Crippen LogP contribution is 2.18. The lowest BCUT2D eigenvalue weighted by Gasteiger charge is -2.11. The van der Waals surface area contributed by atoms with Crippen LogP contribution in [-0.2, 0) is 6.61 Å². The van der Waals surface area contributed by atoms with Crippen molar-refractivity contribution in [3.05, 3.63) is 54.8 Å². The fourth-order valence-electron chi connectivity index (χ4n) is 1.76. The van der Waals surface area contributed by atoms with E-state index in [1.54, 1.807) is 44.5 Å². The van der Waals surface area contributed by atoms with Gasteiger partial charge in [0, 0.05) is 13.6 Å². The molecule has 1 aromatic heterocycles. The number of likely N-dealkylation sites (N-methyl/N-ethyl adjacent to an activating group) is 1. The molecule has 0 radical (unpaired) electrons. The Kier molecular flexibility index (Phi) is 5.19.